The maximum atomic E-state index is 5.61. The Kier molecular flexibility index (Phi) is 4.30. The number of thiazole rings is 1. The molecule has 0 bridgehead atoms. The van der Waals surface area contributed by atoms with E-state index in [1.54, 1.807) is 17.6 Å². The molecule has 0 saturated carbocycles. The van der Waals surface area contributed by atoms with Crippen molar-refractivity contribution in [3.05, 3.63) is 39.7 Å². The van der Waals surface area contributed by atoms with Gasteiger partial charge in [-0.05, 0) is 13.0 Å². The van der Waals surface area contributed by atoms with Gasteiger partial charge in [0.2, 0.25) is 0 Å². The van der Waals surface area contributed by atoms with Crippen LogP contribution in [0.2, 0.25) is 0 Å². The summed E-state index contributed by atoms with van der Waals surface area (Å²) in [6.45, 7) is 3.69. The zero-order valence-corrected chi connectivity index (χ0v) is 10.6. The summed E-state index contributed by atoms with van der Waals surface area (Å²) in [6, 6.07) is 1.90. The van der Waals surface area contributed by atoms with Gasteiger partial charge in [0.1, 0.15) is 5.76 Å². The summed E-state index contributed by atoms with van der Waals surface area (Å²) in [6.07, 6.45) is 2.56. The van der Waals surface area contributed by atoms with E-state index in [0.29, 0.717) is 19.8 Å². The molecule has 2 heterocycles. The Hall–Kier alpha value is -1.17. The molecule has 0 aromatic carbocycles. The van der Waals surface area contributed by atoms with Crippen molar-refractivity contribution in [2.75, 3.05) is 6.61 Å². The van der Waals surface area contributed by atoms with Gasteiger partial charge in [-0.3, -0.25) is 0 Å². The predicted octanol–water partition coefficient (Wildman–Crippen LogP) is 2.26. The van der Waals surface area contributed by atoms with Gasteiger partial charge in [0, 0.05) is 16.9 Å². The Morgan fingerprint density at radius 3 is 3.12 bits per heavy atom. The SMILES string of the molecule is Cc1ncsc1CCOCc1ccoc1CN. The van der Waals surface area contributed by atoms with Gasteiger partial charge in [-0.1, -0.05) is 0 Å². The zero-order valence-electron chi connectivity index (χ0n) is 9.81. The van der Waals surface area contributed by atoms with E-state index in [1.807, 2.05) is 18.5 Å². The molecule has 92 valence electrons. The van der Waals surface area contributed by atoms with Crippen molar-refractivity contribution in [1.29, 1.82) is 0 Å². The summed E-state index contributed by atoms with van der Waals surface area (Å²) in [5.41, 5.74) is 9.55. The Bertz CT molecular complexity index is 465. The first-order valence-electron chi connectivity index (χ1n) is 5.53. The van der Waals surface area contributed by atoms with Crippen LogP contribution in [0.1, 0.15) is 21.9 Å². The topological polar surface area (TPSA) is 61.3 Å². The maximum Gasteiger partial charge on any atom is 0.122 e. The standard InChI is InChI=1S/C12H16N2O2S/c1-9-12(17-8-14-9)3-4-15-7-10-2-5-16-11(10)6-13/h2,5,8H,3-4,6-7,13H2,1H3. The first kappa shape index (κ1) is 12.3. The summed E-state index contributed by atoms with van der Waals surface area (Å²) < 4.78 is 10.8. The van der Waals surface area contributed by atoms with E-state index in [1.165, 1.54) is 4.88 Å². The van der Waals surface area contributed by atoms with Gasteiger partial charge in [0.25, 0.3) is 0 Å². The summed E-state index contributed by atoms with van der Waals surface area (Å²) in [5, 5.41) is 0. The lowest BCUT2D eigenvalue weighted by molar-refractivity contribution is 0.123. The normalized spacial score (nSPS) is 10.9. The van der Waals surface area contributed by atoms with E-state index in [0.717, 1.165) is 23.4 Å². The van der Waals surface area contributed by atoms with Crippen LogP contribution in [-0.4, -0.2) is 11.6 Å². The molecule has 17 heavy (non-hydrogen) atoms. The van der Waals surface area contributed by atoms with Crippen LogP contribution in [0.25, 0.3) is 0 Å². The zero-order chi connectivity index (χ0) is 12.1. The van der Waals surface area contributed by atoms with Crippen LogP contribution < -0.4 is 5.73 Å². The number of aromatic nitrogens is 1. The summed E-state index contributed by atoms with van der Waals surface area (Å²) in [7, 11) is 0. The van der Waals surface area contributed by atoms with E-state index in [-0.39, 0.29) is 0 Å². The average Bonchev–Trinajstić information content (AvgIpc) is 2.93. The predicted molar refractivity (Wildman–Crippen MR) is 66.8 cm³/mol. The lowest BCUT2D eigenvalue weighted by atomic mass is 10.2. The molecule has 0 radical (unpaired) electrons. The second-order valence-electron chi connectivity index (χ2n) is 3.74. The van der Waals surface area contributed by atoms with Crippen LogP contribution in [0.3, 0.4) is 0 Å². The van der Waals surface area contributed by atoms with E-state index >= 15 is 0 Å². The van der Waals surface area contributed by atoms with E-state index in [2.05, 4.69) is 4.98 Å². The first-order valence-corrected chi connectivity index (χ1v) is 6.41. The molecule has 0 amide bonds. The Labute approximate surface area is 104 Å². The highest BCUT2D eigenvalue weighted by Gasteiger charge is 2.05. The molecule has 4 nitrogen and oxygen atoms in total. The van der Waals surface area contributed by atoms with Crippen molar-refractivity contribution < 1.29 is 9.15 Å². The number of hydrogen-bond donors (Lipinski definition) is 1. The quantitative estimate of drug-likeness (QED) is 0.801. The maximum absolute atomic E-state index is 5.61. The lowest BCUT2D eigenvalue weighted by Gasteiger charge is -2.03. The molecule has 2 rings (SSSR count). The third-order valence-electron chi connectivity index (χ3n) is 2.60. The number of rotatable bonds is 6. The fraction of sp³-hybridized carbons (Fsp3) is 0.417. The second-order valence-corrected chi connectivity index (χ2v) is 4.68. The summed E-state index contributed by atoms with van der Waals surface area (Å²) in [4.78, 5) is 5.49. The smallest absolute Gasteiger partial charge is 0.122 e. The molecule has 0 saturated heterocycles. The minimum absolute atomic E-state index is 0.416. The fourth-order valence-corrected chi connectivity index (χ4v) is 2.35. The van der Waals surface area contributed by atoms with Gasteiger partial charge in [-0.15, -0.1) is 11.3 Å². The number of nitrogens with two attached hydrogens (primary N) is 1. The summed E-state index contributed by atoms with van der Waals surface area (Å²) in [5.74, 6) is 0.805. The third kappa shape index (κ3) is 3.15. The highest BCUT2D eigenvalue weighted by Crippen LogP contribution is 2.14. The van der Waals surface area contributed by atoms with Gasteiger partial charge >= 0.3 is 0 Å². The van der Waals surface area contributed by atoms with Gasteiger partial charge in [-0.25, -0.2) is 4.98 Å². The molecule has 5 heteroatoms. The molecule has 0 fully saturated rings. The second kappa shape index (κ2) is 5.95. The van der Waals surface area contributed by atoms with E-state index in [4.69, 9.17) is 14.9 Å². The monoisotopic (exact) mass is 252 g/mol. The lowest BCUT2D eigenvalue weighted by Crippen LogP contribution is -2.02. The van der Waals surface area contributed by atoms with Crippen molar-refractivity contribution in [3.8, 4) is 0 Å². The number of ether oxygens (including phenoxy) is 1. The molecular weight excluding hydrogens is 236 g/mol. The van der Waals surface area contributed by atoms with Crippen LogP contribution >= 0.6 is 11.3 Å². The highest BCUT2D eigenvalue weighted by atomic mass is 32.1. The number of hydrogen-bond acceptors (Lipinski definition) is 5. The first-order chi connectivity index (χ1) is 8.31. The Morgan fingerprint density at radius 2 is 2.41 bits per heavy atom. The van der Waals surface area contributed by atoms with Gasteiger partial charge in [0.15, 0.2) is 0 Å². The Balaban J connectivity index is 1.75. The van der Waals surface area contributed by atoms with Gasteiger partial charge < -0.3 is 14.9 Å². The average molecular weight is 252 g/mol. The third-order valence-corrected chi connectivity index (χ3v) is 3.59. The van der Waals surface area contributed by atoms with Crippen LogP contribution in [0, 0.1) is 6.92 Å². The number of aryl methyl sites for hydroxylation is 1. The molecular formula is C12H16N2O2S. The van der Waals surface area contributed by atoms with Crippen LogP contribution in [0.15, 0.2) is 22.3 Å². The van der Waals surface area contributed by atoms with Gasteiger partial charge in [0.05, 0.1) is 37.2 Å². The molecule has 0 aliphatic rings. The van der Waals surface area contributed by atoms with Crippen molar-refractivity contribution in [1.82, 2.24) is 4.98 Å². The molecule has 2 aromatic heterocycles. The highest BCUT2D eigenvalue weighted by molar-refractivity contribution is 7.09. The van der Waals surface area contributed by atoms with Crippen molar-refractivity contribution >= 4 is 11.3 Å². The minimum atomic E-state index is 0.416. The van der Waals surface area contributed by atoms with Crippen LogP contribution in [0.5, 0.6) is 0 Å². The molecule has 0 atom stereocenters. The molecule has 0 spiro atoms. The molecule has 2 aromatic rings. The largest absolute Gasteiger partial charge is 0.468 e. The fourth-order valence-electron chi connectivity index (χ4n) is 1.59. The van der Waals surface area contributed by atoms with E-state index < -0.39 is 0 Å². The summed E-state index contributed by atoms with van der Waals surface area (Å²) >= 11 is 1.68. The van der Waals surface area contributed by atoms with Crippen molar-refractivity contribution in [2.24, 2.45) is 5.73 Å². The van der Waals surface area contributed by atoms with Crippen LogP contribution in [0.4, 0.5) is 0 Å². The molecule has 0 unspecified atom stereocenters. The molecule has 2 N–H and O–H groups in total. The minimum Gasteiger partial charge on any atom is -0.468 e. The van der Waals surface area contributed by atoms with Gasteiger partial charge in [-0.2, -0.15) is 0 Å². The molecule has 0 aliphatic carbocycles. The number of furan rings is 1. The number of nitrogens with zero attached hydrogens (tertiary/aromatic N) is 1. The Morgan fingerprint density at radius 1 is 1.53 bits per heavy atom. The van der Waals surface area contributed by atoms with E-state index in [9.17, 15) is 0 Å². The van der Waals surface area contributed by atoms with Crippen molar-refractivity contribution in [2.45, 2.75) is 26.5 Å². The van der Waals surface area contributed by atoms with Crippen LogP contribution in [-0.2, 0) is 24.3 Å². The van der Waals surface area contributed by atoms with Crippen molar-refractivity contribution in [3.63, 3.8) is 0 Å². The molecule has 0 aliphatic heterocycles.